The van der Waals surface area contributed by atoms with E-state index in [1.807, 2.05) is 20.8 Å². The maximum Gasteiger partial charge on any atom is 0.407 e. The molecule has 2 atom stereocenters. The van der Waals surface area contributed by atoms with Gasteiger partial charge in [-0.25, -0.2) is 4.79 Å². The minimum atomic E-state index is -0.607. The SMILES string of the molecule is CC(C)(C)OC(=O)NC1CCCC(N)(CC(N)=O)C1. The minimum absolute atomic E-state index is 0.0621. The lowest BCUT2D eigenvalue weighted by Gasteiger charge is -2.37. The number of hydrogen-bond acceptors (Lipinski definition) is 4. The molecule has 0 spiro atoms. The van der Waals surface area contributed by atoms with Gasteiger partial charge < -0.3 is 21.5 Å². The van der Waals surface area contributed by atoms with Crippen LogP contribution in [0, 0.1) is 0 Å². The van der Waals surface area contributed by atoms with E-state index >= 15 is 0 Å². The third kappa shape index (κ3) is 5.92. The van der Waals surface area contributed by atoms with Crippen molar-refractivity contribution in [1.82, 2.24) is 5.32 Å². The first-order chi connectivity index (χ1) is 8.60. The molecule has 0 aromatic rings. The van der Waals surface area contributed by atoms with Crippen LogP contribution in [-0.4, -0.2) is 29.2 Å². The third-order valence-corrected chi connectivity index (χ3v) is 3.13. The molecule has 6 nitrogen and oxygen atoms in total. The fourth-order valence-corrected chi connectivity index (χ4v) is 2.50. The van der Waals surface area contributed by atoms with Crippen LogP contribution in [0.25, 0.3) is 0 Å². The quantitative estimate of drug-likeness (QED) is 0.712. The molecule has 0 saturated heterocycles. The van der Waals surface area contributed by atoms with Crippen LogP contribution in [0.3, 0.4) is 0 Å². The van der Waals surface area contributed by atoms with E-state index in [0.29, 0.717) is 6.42 Å². The summed E-state index contributed by atoms with van der Waals surface area (Å²) in [6.45, 7) is 5.44. The standard InChI is InChI=1S/C13H25N3O3/c1-12(2,3)19-11(18)16-9-5-4-6-13(15,7-9)8-10(14)17/h9H,4-8,15H2,1-3H3,(H2,14,17)(H,16,18). The average Bonchev–Trinajstić information content (AvgIpc) is 2.11. The van der Waals surface area contributed by atoms with Gasteiger partial charge in [-0.15, -0.1) is 0 Å². The van der Waals surface area contributed by atoms with Gasteiger partial charge in [0.1, 0.15) is 5.60 Å². The van der Waals surface area contributed by atoms with Crippen molar-refractivity contribution in [2.75, 3.05) is 0 Å². The molecule has 1 aliphatic carbocycles. The molecule has 0 bridgehead atoms. The van der Waals surface area contributed by atoms with Crippen molar-refractivity contribution in [2.45, 2.75) is 70.1 Å². The molecular weight excluding hydrogens is 246 g/mol. The molecule has 2 amide bonds. The number of alkyl carbamates (subject to hydrolysis) is 1. The Morgan fingerprint density at radius 3 is 2.58 bits per heavy atom. The monoisotopic (exact) mass is 271 g/mol. The van der Waals surface area contributed by atoms with E-state index in [4.69, 9.17) is 16.2 Å². The van der Waals surface area contributed by atoms with Crippen LogP contribution in [0.4, 0.5) is 4.79 Å². The Balaban J connectivity index is 2.51. The van der Waals surface area contributed by atoms with Gasteiger partial charge in [0.05, 0.1) is 0 Å². The van der Waals surface area contributed by atoms with E-state index in [1.54, 1.807) is 0 Å². The first-order valence-electron chi connectivity index (χ1n) is 6.66. The van der Waals surface area contributed by atoms with Gasteiger partial charge in [-0.05, 0) is 46.5 Å². The highest BCUT2D eigenvalue weighted by Crippen LogP contribution is 2.29. The second kappa shape index (κ2) is 5.77. The number of primary amides is 1. The first kappa shape index (κ1) is 15.8. The minimum Gasteiger partial charge on any atom is -0.444 e. The Kier molecular flexibility index (Phi) is 4.79. The second-order valence-electron chi connectivity index (χ2n) is 6.44. The van der Waals surface area contributed by atoms with Gasteiger partial charge in [0, 0.05) is 18.0 Å². The molecule has 110 valence electrons. The van der Waals surface area contributed by atoms with Crippen molar-refractivity contribution in [3.8, 4) is 0 Å². The fourth-order valence-electron chi connectivity index (χ4n) is 2.50. The van der Waals surface area contributed by atoms with Crippen molar-refractivity contribution < 1.29 is 14.3 Å². The van der Waals surface area contributed by atoms with Crippen LogP contribution in [0.15, 0.2) is 0 Å². The second-order valence-corrected chi connectivity index (χ2v) is 6.44. The van der Waals surface area contributed by atoms with Crippen molar-refractivity contribution in [3.05, 3.63) is 0 Å². The topological polar surface area (TPSA) is 107 Å². The summed E-state index contributed by atoms with van der Waals surface area (Å²) in [5.41, 5.74) is 10.2. The Labute approximate surface area is 114 Å². The van der Waals surface area contributed by atoms with Gasteiger partial charge in [0.2, 0.25) is 5.91 Å². The summed E-state index contributed by atoms with van der Waals surface area (Å²) in [7, 11) is 0. The van der Waals surface area contributed by atoms with Gasteiger partial charge in [-0.2, -0.15) is 0 Å². The van der Waals surface area contributed by atoms with Gasteiger partial charge >= 0.3 is 6.09 Å². The lowest BCUT2D eigenvalue weighted by Crippen LogP contribution is -2.53. The summed E-state index contributed by atoms with van der Waals surface area (Å²) in [6.07, 6.45) is 2.72. The van der Waals surface area contributed by atoms with Crippen molar-refractivity contribution in [1.29, 1.82) is 0 Å². The number of carbonyl (C=O) groups is 2. The van der Waals surface area contributed by atoms with Gasteiger partial charge in [-0.1, -0.05) is 0 Å². The van der Waals surface area contributed by atoms with Crippen molar-refractivity contribution in [2.24, 2.45) is 11.5 Å². The van der Waals surface area contributed by atoms with E-state index in [-0.39, 0.29) is 12.5 Å². The molecule has 2 unspecified atom stereocenters. The lowest BCUT2D eigenvalue weighted by atomic mass is 9.77. The largest absolute Gasteiger partial charge is 0.444 e. The molecular formula is C13H25N3O3. The van der Waals surface area contributed by atoms with Crippen LogP contribution in [0.2, 0.25) is 0 Å². The number of ether oxygens (including phenoxy) is 1. The summed E-state index contributed by atoms with van der Waals surface area (Å²) in [4.78, 5) is 22.7. The highest BCUT2D eigenvalue weighted by Gasteiger charge is 2.35. The number of amides is 2. The summed E-state index contributed by atoms with van der Waals surface area (Å²) in [6, 6.07) is -0.0621. The molecule has 1 saturated carbocycles. The predicted octanol–water partition coefficient (Wildman–Crippen LogP) is 1.03. The zero-order valence-corrected chi connectivity index (χ0v) is 12.0. The molecule has 0 aliphatic heterocycles. The molecule has 0 radical (unpaired) electrons. The van der Waals surface area contributed by atoms with Crippen LogP contribution < -0.4 is 16.8 Å². The molecule has 1 rings (SSSR count). The average molecular weight is 271 g/mol. The molecule has 1 fully saturated rings. The molecule has 0 aromatic heterocycles. The van der Waals surface area contributed by atoms with Crippen LogP contribution in [-0.2, 0) is 9.53 Å². The van der Waals surface area contributed by atoms with Crippen LogP contribution in [0.5, 0.6) is 0 Å². The smallest absolute Gasteiger partial charge is 0.407 e. The van der Waals surface area contributed by atoms with Gasteiger partial charge in [0.25, 0.3) is 0 Å². The van der Waals surface area contributed by atoms with Crippen molar-refractivity contribution in [3.63, 3.8) is 0 Å². The highest BCUT2D eigenvalue weighted by atomic mass is 16.6. The van der Waals surface area contributed by atoms with E-state index in [0.717, 1.165) is 19.3 Å². The van der Waals surface area contributed by atoms with Gasteiger partial charge in [0.15, 0.2) is 0 Å². The number of hydrogen-bond donors (Lipinski definition) is 3. The molecule has 19 heavy (non-hydrogen) atoms. The van der Waals surface area contributed by atoms with E-state index < -0.39 is 23.1 Å². The summed E-state index contributed by atoms with van der Waals surface area (Å²) >= 11 is 0. The maximum absolute atomic E-state index is 11.7. The molecule has 1 aliphatic rings. The molecule has 0 aromatic carbocycles. The highest BCUT2D eigenvalue weighted by molar-refractivity contribution is 5.75. The zero-order valence-electron chi connectivity index (χ0n) is 12.0. The summed E-state index contributed by atoms with van der Waals surface area (Å²) in [5.74, 6) is -0.402. The van der Waals surface area contributed by atoms with E-state index in [9.17, 15) is 9.59 Å². The lowest BCUT2D eigenvalue weighted by molar-refractivity contribution is -0.119. The number of nitrogens with two attached hydrogens (primary N) is 2. The van der Waals surface area contributed by atoms with E-state index in [2.05, 4.69) is 5.32 Å². The number of rotatable bonds is 3. The number of carbonyl (C=O) groups excluding carboxylic acids is 2. The normalized spacial score (nSPS) is 27.7. The zero-order chi connectivity index (χ0) is 14.7. The van der Waals surface area contributed by atoms with Crippen molar-refractivity contribution >= 4 is 12.0 Å². The Hall–Kier alpha value is -1.30. The fraction of sp³-hybridized carbons (Fsp3) is 0.846. The number of nitrogens with one attached hydrogen (secondary N) is 1. The van der Waals surface area contributed by atoms with E-state index in [1.165, 1.54) is 0 Å². The third-order valence-electron chi connectivity index (χ3n) is 3.13. The van der Waals surface area contributed by atoms with Crippen LogP contribution >= 0.6 is 0 Å². The molecule has 6 heteroatoms. The Morgan fingerprint density at radius 1 is 1.42 bits per heavy atom. The summed E-state index contributed by atoms with van der Waals surface area (Å²) < 4.78 is 5.21. The van der Waals surface area contributed by atoms with Crippen LogP contribution in [0.1, 0.15) is 52.9 Å². The molecule has 0 heterocycles. The predicted molar refractivity (Wildman–Crippen MR) is 72.4 cm³/mol. The Bertz CT molecular complexity index is 352. The summed E-state index contributed by atoms with van der Waals surface area (Å²) in [5, 5.41) is 2.81. The van der Waals surface area contributed by atoms with Gasteiger partial charge in [-0.3, -0.25) is 4.79 Å². The molecule has 5 N–H and O–H groups in total. The first-order valence-corrected chi connectivity index (χ1v) is 6.66. The maximum atomic E-state index is 11.7. The Morgan fingerprint density at radius 2 is 2.05 bits per heavy atom.